The minimum Gasteiger partial charge on any atom is -0.405 e. The molecule has 0 bridgehead atoms. The van der Waals surface area contributed by atoms with Crippen molar-refractivity contribution < 1.29 is 31.1 Å². The van der Waals surface area contributed by atoms with Gasteiger partial charge < -0.3 is 4.74 Å². The Morgan fingerprint density at radius 2 is 1.54 bits per heavy atom. The van der Waals surface area contributed by atoms with Crippen molar-refractivity contribution in [2.45, 2.75) is 19.5 Å². The monoisotopic (exact) mass is 344 g/mol. The number of rotatable bonds is 2. The summed E-state index contributed by atoms with van der Waals surface area (Å²) in [5.41, 5.74) is -1.69. The van der Waals surface area contributed by atoms with Gasteiger partial charge in [0, 0.05) is 11.1 Å². The van der Waals surface area contributed by atoms with Crippen molar-refractivity contribution in [3.05, 3.63) is 53.6 Å². The fourth-order valence-corrected chi connectivity index (χ4v) is 2.14. The van der Waals surface area contributed by atoms with Gasteiger partial charge in [-0.2, -0.15) is 13.2 Å². The van der Waals surface area contributed by atoms with Crippen molar-refractivity contribution in [1.29, 1.82) is 0 Å². The molecular weight excluding hydrogens is 334 g/mol. The zero-order chi connectivity index (χ0) is 18.0. The maximum Gasteiger partial charge on any atom is 0.573 e. The molecule has 0 aliphatic heterocycles. The van der Waals surface area contributed by atoms with Gasteiger partial charge in [-0.15, -0.1) is 19.1 Å². The van der Waals surface area contributed by atoms with E-state index in [0.717, 1.165) is 24.3 Å². The molecule has 126 valence electrons. The van der Waals surface area contributed by atoms with Crippen molar-refractivity contribution in [2.75, 3.05) is 0 Å². The number of hydrogen-bond acceptors (Lipinski definition) is 1. The van der Waals surface area contributed by atoms with Gasteiger partial charge in [0.05, 0.1) is 5.56 Å². The quantitative estimate of drug-likeness (QED) is 0.506. The average Bonchev–Trinajstić information content (AvgIpc) is 2.46. The van der Waals surface area contributed by atoms with E-state index in [-0.39, 0.29) is 11.1 Å². The number of para-hydroxylation sites is 1. The van der Waals surface area contributed by atoms with E-state index in [1.165, 1.54) is 25.1 Å². The lowest BCUT2D eigenvalue weighted by Crippen LogP contribution is -2.18. The highest BCUT2D eigenvalue weighted by molar-refractivity contribution is 5.74. The maximum absolute atomic E-state index is 13.3. The van der Waals surface area contributed by atoms with Gasteiger partial charge in [-0.25, -0.2) is 0 Å². The van der Waals surface area contributed by atoms with Crippen LogP contribution in [0.25, 0.3) is 11.1 Å². The third-order valence-corrected chi connectivity index (χ3v) is 3.00. The van der Waals surface area contributed by atoms with Gasteiger partial charge >= 0.3 is 12.5 Å². The van der Waals surface area contributed by atoms with E-state index in [2.05, 4.69) is 16.6 Å². The zero-order valence-electron chi connectivity index (χ0n) is 12.2. The largest absolute Gasteiger partial charge is 0.573 e. The molecule has 24 heavy (non-hydrogen) atoms. The summed E-state index contributed by atoms with van der Waals surface area (Å²) >= 11 is 0. The summed E-state index contributed by atoms with van der Waals surface area (Å²) in [4.78, 5) is 0. The third-order valence-electron chi connectivity index (χ3n) is 3.00. The summed E-state index contributed by atoms with van der Waals surface area (Å²) < 4.78 is 81.2. The second kappa shape index (κ2) is 6.48. The first-order chi connectivity index (χ1) is 11.1. The Hall–Kier alpha value is -2.62. The SMILES string of the molecule is CC#Cc1ccc(-c2ccccc2OC(F)(F)F)c(C(F)(F)F)c1. The fraction of sp³-hybridized carbons (Fsp3) is 0.176. The minimum atomic E-state index is -5.01. The zero-order valence-corrected chi connectivity index (χ0v) is 12.2. The first kappa shape index (κ1) is 17.7. The van der Waals surface area contributed by atoms with E-state index in [1.54, 1.807) is 0 Å². The molecule has 0 aliphatic rings. The maximum atomic E-state index is 13.3. The molecule has 0 N–H and O–H groups in total. The smallest absolute Gasteiger partial charge is 0.405 e. The number of benzene rings is 2. The Labute approximate surface area is 133 Å². The molecule has 0 aromatic heterocycles. The normalized spacial score (nSPS) is 11.6. The summed E-state index contributed by atoms with van der Waals surface area (Å²) in [5.74, 6) is 4.26. The van der Waals surface area contributed by atoms with Crippen molar-refractivity contribution in [2.24, 2.45) is 0 Å². The molecular formula is C17H10F6O. The van der Waals surface area contributed by atoms with E-state index in [9.17, 15) is 26.3 Å². The topological polar surface area (TPSA) is 9.23 Å². The van der Waals surface area contributed by atoms with Crippen LogP contribution in [0.1, 0.15) is 18.1 Å². The van der Waals surface area contributed by atoms with Crippen LogP contribution < -0.4 is 4.74 Å². The standard InChI is InChI=1S/C17H10F6O/c1-2-5-11-8-9-12(14(10-11)16(18,19)20)13-6-3-4-7-15(13)24-17(21,22)23/h3-4,6-10H,1H3. The fourth-order valence-electron chi connectivity index (χ4n) is 2.14. The highest BCUT2D eigenvalue weighted by Gasteiger charge is 2.36. The van der Waals surface area contributed by atoms with E-state index in [4.69, 9.17) is 0 Å². The lowest BCUT2D eigenvalue weighted by atomic mass is 9.96. The van der Waals surface area contributed by atoms with E-state index in [1.807, 2.05) is 0 Å². The van der Waals surface area contributed by atoms with Gasteiger partial charge in [0.1, 0.15) is 5.75 Å². The Bertz CT molecular complexity index is 793. The highest BCUT2D eigenvalue weighted by Crippen LogP contribution is 2.41. The molecule has 7 heteroatoms. The van der Waals surface area contributed by atoms with Gasteiger partial charge in [0.25, 0.3) is 0 Å². The van der Waals surface area contributed by atoms with Crippen LogP contribution in [-0.4, -0.2) is 6.36 Å². The summed E-state index contributed by atoms with van der Waals surface area (Å²) in [6.45, 7) is 1.47. The van der Waals surface area contributed by atoms with Crippen LogP contribution in [0.5, 0.6) is 5.75 Å². The van der Waals surface area contributed by atoms with Crippen LogP contribution in [0, 0.1) is 11.8 Å². The molecule has 2 rings (SSSR count). The number of alkyl halides is 6. The van der Waals surface area contributed by atoms with Crippen molar-refractivity contribution in [3.8, 4) is 28.7 Å². The van der Waals surface area contributed by atoms with E-state index in [0.29, 0.717) is 0 Å². The summed E-state index contributed by atoms with van der Waals surface area (Å²) in [5, 5.41) is 0. The second-order valence-corrected chi connectivity index (χ2v) is 4.68. The van der Waals surface area contributed by atoms with Gasteiger partial charge in [-0.3, -0.25) is 0 Å². The van der Waals surface area contributed by atoms with Crippen LogP contribution >= 0.6 is 0 Å². The third kappa shape index (κ3) is 4.22. The number of ether oxygens (including phenoxy) is 1. The Balaban J connectivity index is 2.66. The summed E-state index contributed by atoms with van der Waals surface area (Å²) in [6.07, 6.45) is -9.77. The molecule has 0 heterocycles. The molecule has 0 spiro atoms. The molecule has 0 amide bonds. The first-order valence-electron chi connectivity index (χ1n) is 6.61. The average molecular weight is 344 g/mol. The molecule has 0 fully saturated rings. The molecule has 0 unspecified atom stereocenters. The molecule has 0 saturated heterocycles. The van der Waals surface area contributed by atoms with Crippen LogP contribution in [0.2, 0.25) is 0 Å². The molecule has 2 aromatic rings. The minimum absolute atomic E-state index is 0.114. The molecule has 0 atom stereocenters. The van der Waals surface area contributed by atoms with Gasteiger partial charge in [-0.05, 0) is 30.7 Å². The van der Waals surface area contributed by atoms with Crippen LogP contribution in [0.4, 0.5) is 26.3 Å². The van der Waals surface area contributed by atoms with Crippen molar-refractivity contribution in [1.82, 2.24) is 0 Å². The molecule has 0 radical (unpaired) electrons. The van der Waals surface area contributed by atoms with E-state index >= 15 is 0 Å². The molecule has 0 saturated carbocycles. The second-order valence-electron chi connectivity index (χ2n) is 4.68. The van der Waals surface area contributed by atoms with E-state index < -0.39 is 29.4 Å². The Kier molecular flexibility index (Phi) is 4.78. The summed E-state index contributed by atoms with van der Waals surface area (Å²) in [7, 11) is 0. The lowest BCUT2D eigenvalue weighted by molar-refractivity contribution is -0.274. The predicted octanol–water partition coefficient (Wildman–Crippen LogP) is 5.64. The van der Waals surface area contributed by atoms with Gasteiger partial charge in [-0.1, -0.05) is 30.2 Å². The number of halogens is 6. The van der Waals surface area contributed by atoms with Crippen LogP contribution in [-0.2, 0) is 6.18 Å². The number of hydrogen-bond donors (Lipinski definition) is 0. The van der Waals surface area contributed by atoms with Gasteiger partial charge in [0.2, 0.25) is 0 Å². The lowest BCUT2D eigenvalue weighted by Gasteiger charge is -2.17. The molecule has 1 nitrogen and oxygen atoms in total. The highest BCUT2D eigenvalue weighted by atomic mass is 19.4. The van der Waals surface area contributed by atoms with Crippen LogP contribution in [0.15, 0.2) is 42.5 Å². The predicted molar refractivity (Wildman–Crippen MR) is 76.1 cm³/mol. The Morgan fingerprint density at radius 3 is 2.12 bits per heavy atom. The Morgan fingerprint density at radius 1 is 0.875 bits per heavy atom. The van der Waals surface area contributed by atoms with Crippen molar-refractivity contribution >= 4 is 0 Å². The van der Waals surface area contributed by atoms with Crippen LogP contribution in [0.3, 0.4) is 0 Å². The van der Waals surface area contributed by atoms with Crippen molar-refractivity contribution in [3.63, 3.8) is 0 Å². The summed E-state index contributed by atoms with van der Waals surface area (Å²) in [6, 6.07) is 7.87. The van der Waals surface area contributed by atoms with Gasteiger partial charge in [0.15, 0.2) is 0 Å². The molecule has 2 aromatic carbocycles. The first-order valence-corrected chi connectivity index (χ1v) is 6.61. The molecule has 0 aliphatic carbocycles.